The third-order valence-electron chi connectivity index (χ3n) is 5.00. The predicted molar refractivity (Wildman–Crippen MR) is 109 cm³/mol. The van der Waals surface area contributed by atoms with Gasteiger partial charge in [0, 0.05) is 29.9 Å². The summed E-state index contributed by atoms with van der Waals surface area (Å²) in [5.74, 6) is 0. The zero-order chi connectivity index (χ0) is 19.7. The lowest BCUT2D eigenvalue weighted by molar-refractivity contribution is -0.384. The number of benzene rings is 3. The van der Waals surface area contributed by atoms with Crippen LogP contribution in [-0.2, 0) is 6.54 Å². The molecule has 7 heteroatoms. The van der Waals surface area contributed by atoms with Crippen LogP contribution in [0.2, 0.25) is 0 Å². The summed E-state index contributed by atoms with van der Waals surface area (Å²) in [6.45, 7) is 0.558. The van der Waals surface area contributed by atoms with E-state index in [0.717, 1.165) is 16.8 Å². The molecule has 0 amide bonds. The van der Waals surface area contributed by atoms with Crippen LogP contribution in [0.25, 0.3) is 0 Å². The molecule has 28 heavy (non-hydrogen) atoms. The van der Waals surface area contributed by atoms with E-state index in [-0.39, 0.29) is 11.9 Å². The molecule has 0 fully saturated rings. The summed E-state index contributed by atoms with van der Waals surface area (Å²) in [5, 5.41) is 11.2. The maximum Gasteiger partial charge on any atom is 0.271 e. The van der Waals surface area contributed by atoms with Gasteiger partial charge >= 0.3 is 0 Å². The van der Waals surface area contributed by atoms with Gasteiger partial charge in [0.05, 0.1) is 16.8 Å². The van der Waals surface area contributed by atoms with Crippen molar-refractivity contribution in [2.45, 2.75) is 19.0 Å². The molecular weight excluding hydrogens is 354 g/mol. The Balaban J connectivity index is 1.79. The van der Waals surface area contributed by atoms with Gasteiger partial charge < -0.3 is 10.6 Å². The highest BCUT2D eigenvalue weighted by Gasteiger charge is 2.36. The van der Waals surface area contributed by atoms with Gasteiger partial charge in [0.2, 0.25) is 0 Å². The molecule has 0 bridgehead atoms. The molecule has 0 radical (unpaired) electrons. The molecule has 0 saturated heterocycles. The van der Waals surface area contributed by atoms with Crippen molar-refractivity contribution in [1.29, 1.82) is 0 Å². The Hall–Kier alpha value is -3.26. The Kier molecular flexibility index (Phi) is 4.79. The van der Waals surface area contributed by atoms with Gasteiger partial charge in [-0.05, 0) is 17.7 Å². The molecule has 4 N–H and O–H groups in total. The average molecular weight is 375 g/mol. The average Bonchev–Trinajstić information content (AvgIpc) is 2.72. The summed E-state index contributed by atoms with van der Waals surface area (Å²) < 4.78 is 0. The van der Waals surface area contributed by atoms with Crippen LogP contribution in [0.3, 0.4) is 0 Å². The number of anilines is 2. The molecular formula is C21H21N5O2. The van der Waals surface area contributed by atoms with Gasteiger partial charge in [0.15, 0.2) is 0 Å². The van der Waals surface area contributed by atoms with Crippen LogP contribution in [0, 0.1) is 10.1 Å². The zero-order valence-electron chi connectivity index (χ0n) is 15.2. The number of rotatable bonds is 4. The number of para-hydroxylation sites is 1. The van der Waals surface area contributed by atoms with Crippen molar-refractivity contribution in [3.05, 3.63) is 100 Å². The van der Waals surface area contributed by atoms with E-state index in [2.05, 4.69) is 0 Å². The number of nitrogens with zero attached hydrogens (tertiary/aromatic N) is 3. The largest absolute Gasteiger partial charge is 0.312 e. The summed E-state index contributed by atoms with van der Waals surface area (Å²) in [6, 6.07) is 24.2. The van der Waals surface area contributed by atoms with Gasteiger partial charge in [-0.15, -0.1) is 0 Å². The maximum atomic E-state index is 11.2. The van der Waals surface area contributed by atoms with Crippen LogP contribution in [0.1, 0.15) is 17.3 Å². The lowest BCUT2D eigenvalue weighted by atomic mass is 10.0. The van der Waals surface area contributed by atoms with Crippen molar-refractivity contribution in [3.8, 4) is 0 Å². The van der Waals surface area contributed by atoms with Crippen LogP contribution in [0.15, 0.2) is 78.9 Å². The van der Waals surface area contributed by atoms with Crippen molar-refractivity contribution >= 4 is 17.1 Å². The minimum atomic E-state index is -0.577. The molecule has 4 rings (SSSR count). The molecule has 1 heterocycles. The lowest BCUT2D eigenvalue weighted by Gasteiger charge is -2.47. The summed E-state index contributed by atoms with van der Waals surface area (Å²) in [5.41, 5.74) is 16.7. The lowest BCUT2D eigenvalue weighted by Crippen LogP contribution is -2.58. The Morgan fingerprint density at radius 3 is 2.39 bits per heavy atom. The van der Waals surface area contributed by atoms with Crippen molar-refractivity contribution < 1.29 is 4.92 Å². The van der Waals surface area contributed by atoms with Crippen molar-refractivity contribution in [2.24, 2.45) is 11.5 Å². The van der Waals surface area contributed by atoms with Gasteiger partial charge in [0.1, 0.15) is 6.29 Å². The van der Waals surface area contributed by atoms with E-state index in [1.165, 1.54) is 12.1 Å². The third kappa shape index (κ3) is 3.22. The predicted octanol–water partition coefficient (Wildman–Crippen LogP) is 3.45. The van der Waals surface area contributed by atoms with E-state index in [1.54, 1.807) is 6.07 Å². The van der Waals surface area contributed by atoms with Crippen LogP contribution < -0.4 is 16.4 Å². The van der Waals surface area contributed by atoms with Gasteiger partial charge in [-0.25, -0.2) is 4.90 Å². The van der Waals surface area contributed by atoms with E-state index in [4.69, 9.17) is 11.5 Å². The Bertz CT molecular complexity index is 995. The van der Waals surface area contributed by atoms with Crippen LogP contribution in [0.4, 0.5) is 17.1 Å². The number of hydrogen-bond acceptors (Lipinski definition) is 6. The Morgan fingerprint density at radius 1 is 0.929 bits per heavy atom. The Labute approximate surface area is 162 Å². The topological polar surface area (TPSA) is 102 Å². The molecule has 0 saturated carbocycles. The molecule has 2 atom stereocenters. The molecule has 3 aromatic rings. The van der Waals surface area contributed by atoms with E-state index in [1.807, 2.05) is 70.5 Å². The van der Waals surface area contributed by atoms with Gasteiger partial charge in [-0.3, -0.25) is 15.8 Å². The summed E-state index contributed by atoms with van der Waals surface area (Å²) in [7, 11) is 0. The number of non-ortho nitro benzene ring substituents is 1. The first-order valence-corrected chi connectivity index (χ1v) is 9.00. The summed E-state index contributed by atoms with van der Waals surface area (Å²) in [4.78, 5) is 14.7. The highest BCUT2D eigenvalue weighted by Crippen LogP contribution is 2.40. The van der Waals surface area contributed by atoms with E-state index in [9.17, 15) is 10.1 Å². The number of nitro groups is 1. The van der Waals surface area contributed by atoms with Gasteiger partial charge in [-0.1, -0.05) is 54.6 Å². The molecule has 0 spiro atoms. The monoisotopic (exact) mass is 375 g/mol. The SMILES string of the molecule is NC1c2ccccc2N(c2cccc([N+](=O)[O-])c2)C(N)N1Cc1ccccc1. The second kappa shape index (κ2) is 7.40. The van der Waals surface area contributed by atoms with Crippen molar-refractivity contribution in [3.63, 3.8) is 0 Å². The smallest absolute Gasteiger partial charge is 0.271 e. The van der Waals surface area contributed by atoms with E-state index in [0.29, 0.717) is 12.2 Å². The number of hydrogen-bond donors (Lipinski definition) is 2. The van der Waals surface area contributed by atoms with Crippen LogP contribution in [0.5, 0.6) is 0 Å². The molecule has 7 nitrogen and oxygen atoms in total. The quantitative estimate of drug-likeness (QED) is 0.535. The molecule has 142 valence electrons. The fraction of sp³-hybridized carbons (Fsp3) is 0.143. The second-order valence-corrected chi connectivity index (χ2v) is 6.72. The first-order chi connectivity index (χ1) is 13.6. The summed E-state index contributed by atoms with van der Waals surface area (Å²) in [6.07, 6.45) is -0.964. The molecule has 1 aliphatic heterocycles. The minimum absolute atomic E-state index is 0.0201. The first kappa shape index (κ1) is 18.1. The molecule has 0 aliphatic carbocycles. The molecule has 0 aromatic heterocycles. The van der Waals surface area contributed by atoms with Gasteiger partial charge in [0.25, 0.3) is 5.69 Å². The first-order valence-electron chi connectivity index (χ1n) is 9.00. The van der Waals surface area contributed by atoms with Gasteiger partial charge in [-0.2, -0.15) is 0 Å². The number of nitro benzene ring substituents is 1. The Morgan fingerprint density at radius 2 is 1.64 bits per heavy atom. The number of fused-ring (bicyclic) bond motifs is 1. The highest BCUT2D eigenvalue weighted by molar-refractivity contribution is 5.70. The second-order valence-electron chi connectivity index (χ2n) is 6.72. The fourth-order valence-electron chi connectivity index (χ4n) is 3.63. The van der Waals surface area contributed by atoms with Crippen LogP contribution in [-0.4, -0.2) is 16.1 Å². The van der Waals surface area contributed by atoms with Crippen molar-refractivity contribution in [2.75, 3.05) is 4.90 Å². The number of nitrogens with two attached hydrogens (primary N) is 2. The van der Waals surface area contributed by atoms with E-state index >= 15 is 0 Å². The normalized spacial score (nSPS) is 19.3. The van der Waals surface area contributed by atoms with Crippen LogP contribution >= 0.6 is 0 Å². The van der Waals surface area contributed by atoms with E-state index < -0.39 is 11.2 Å². The zero-order valence-corrected chi connectivity index (χ0v) is 15.2. The summed E-state index contributed by atoms with van der Waals surface area (Å²) >= 11 is 0. The molecule has 1 aliphatic rings. The minimum Gasteiger partial charge on any atom is -0.312 e. The highest BCUT2D eigenvalue weighted by atomic mass is 16.6. The fourth-order valence-corrected chi connectivity index (χ4v) is 3.63. The molecule has 2 unspecified atom stereocenters. The molecule has 3 aromatic carbocycles. The maximum absolute atomic E-state index is 11.2. The van der Waals surface area contributed by atoms with Crippen molar-refractivity contribution in [1.82, 2.24) is 4.90 Å². The third-order valence-corrected chi connectivity index (χ3v) is 5.00. The standard InChI is InChI=1S/C21H21N5O2/c22-20-18-11-4-5-12-19(18)25(16-9-6-10-17(13-16)26(27)28)21(23)24(20)14-15-7-2-1-3-8-15/h1-13,20-21H,14,22-23H2.